The van der Waals surface area contributed by atoms with Gasteiger partial charge in [-0.15, -0.1) is 0 Å². The molecule has 1 aliphatic rings. The van der Waals surface area contributed by atoms with Gasteiger partial charge in [-0.2, -0.15) is 13.2 Å². The van der Waals surface area contributed by atoms with E-state index in [1.807, 2.05) is 22.6 Å². The molecule has 0 spiro atoms. The maximum atomic E-state index is 13.8. The summed E-state index contributed by atoms with van der Waals surface area (Å²) < 4.78 is 101. The number of carbonyl (C=O) groups is 1. The number of hydrogen-bond acceptors (Lipinski definition) is 6. The molecule has 1 aliphatic heterocycles. The van der Waals surface area contributed by atoms with Crippen molar-refractivity contribution in [2.45, 2.75) is 43.8 Å². The van der Waals surface area contributed by atoms with Crippen LogP contribution in [0.2, 0.25) is 0 Å². The van der Waals surface area contributed by atoms with Crippen molar-refractivity contribution >= 4 is 48.4 Å². The number of rotatable bonds is 7. The van der Waals surface area contributed by atoms with Crippen molar-refractivity contribution in [3.63, 3.8) is 0 Å². The van der Waals surface area contributed by atoms with Crippen LogP contribution >= 0.6 is 22.6 Å². The highest BCUT2D eigenvalue weighted by Crippen LogP contribution is 2.37. The third kappa shape index (κ3) is 6.29. The molecule has 1 N–H and O–H groups in total. The van der Waals surface area contributed by atoms with Crippen LogP contribution in [0.3, 0.4) is 0 Å². The van der Waals surface area contributed by atoms with Crippen LogP contribution in [0.25, 0.3) is 0 Å². The molecule has 2 atom stereocenters. The van der Waals surface area contributed by atoms with Crippen LogP contribution in [0.5, 0.6) is 5.75 Å². The second-order valence-corrected chi connectivity index (χ2v) is 14.0. The van der Waals surface area contributed by atoms with Gasteiger partial charge in [-0.1, -0.05) is 52.9 Å². The molecule has 0 aliphatic carbocycles. The minimum atomic E-state index is -5.06. The van der Waals surface area contributed by atoms with Crippen molar-refractivity contribution in [2.24, 2.45) is 0 Å². The highest BCUT2D eigenvalue weighted by atomic mass is 127. The number of alkyl halides is 4. The van der Waals surface area contributed by atoms with Gasteiger partial charge in [0, 0.05) is 12.6 Å². The lowest BCUT2D eigenvalue weighted by molar-refractivity contribution is -0.139. The third-order valence-corrected chi connectivity index (χ3v) is 10.9. The summed E-state index contributed by atoms with van der Waals surface area (Å²) in [6.07, 6.45) is -4.82. The van der Waals surface area contributed by atoms with Gasteiger partial charge in [-0.3, -0.25) is 4.79 Å². The van der Waals surface area contributed by atoms with Gasteiger partial charge in [-0.05, 0) is 55.3 Å². The summed E-state index contributed by atoms with van der Waals surface area (Å²) in [5.41, 5.74) is -1.15. The lowest BCUT2D eigenvalue weighted by atomic mass is 10.0. The van der Waals surface area contributed by atoms with Crippen LogP contribution in [-0.4, -0.2) is 51.4 Å². The summed E-state index contributed by atoms with van der Waals surface area (Å²) in [5.74, 6) is 0.0558. The lowest BCUT2D eigenvalue weighted by Crippen LogP contribution is -2.49. The van der Waals surface area contributed by atoms with Gasteiger partial charge < -0.3 is 9.64 Å². The Morgan fingerprint density at radius 3 is 2.25 bits per heavy atom. The minimum absolute atomic E-state index is 0.115. The number of piperidine rings is 1. The number of ether oxygens (including phenoxy) is 1. The van der Waals surface area contributed by atoms with Crippen LogP contribution < -0.4 is 9.46 Å². The zero-order valence-corrected chi connectivity index (χ0v) is 24.7. The molecule has 40 heavy (non-hydrogen) atoms. The Hall–Kier alpha value is -2.69. The second kappa shape index (κ2) is 11.7. The van der Waals surface area contributed by atoms with Crippen molar-refractivity contribution in [3.8, 4) is 5.75 Å². The molecule has 2 unspecified atom stereocenters. The Morgan fingerprint density at radius 1 is 0.975 bits per heavy atom. The fourth-order valence-corrected chi connectivity index (χ4v) is 8.43. The Balaban J connectivity index is 1.60. The molecule has 0 bridgehead atoms. The van der Waals surface area contributed by atoms with E-state index in [2.05, 4.69) is 4.72 Å². The number of sulfone groups is 1. The molecule has 0 radical (unpaired) electrons. The molecular formula is C26H24F3IN2O6S2. The van der Waals surface area contributed by atoms with E-state index >= 15 is 0 Å². The molecule has 1 heterocycles. The second-order valence-electron chi connectivity index (χ2n) is 8.95. The van der Waals surface area contributed by atoms with E-state index in [0.717, 1.165) is 6.07 Å². The number of benzene rings is 3. The van der Waals surface area contributed by atoms with E-state index < -0.39 is 51.5 Å². The van der Waals surface area contributed by atoms with E-state index in [1.54, 1.807) is 30.3 Å². The van der Waals surface area contributed by atoms with Crippen molar-refractivity contribution in [1.82, 2.24) is 9.62 Å². The average Bonchev–Trinajstić information content (AvgIpc) is 2.92. The summed E-state index contributed by atoms with van der Waals surface area (Å²) in [4.78, 5) is 12.7. The Labute approximate surface area is 243 Å². The van der Waals surface area contributed by atoms with E-state index in [0.29, 0.717) is 23.4 Å². The standard InChI is InChI=1S/C26H24F3IN2O6S2/c1-38-22-10-6-5-9-20(22)25(33)32-14-13-17(15-24(32)30)31-40(36,37)23-16-19(11-12-21(23)26(27,28)29)39(34,35)18-7-3-2-4-8-18/h2-12,16-17,24,31H,13-15H2,1H3. The van der Waals surface area contributed by atoms with Crippen LogP contribution in [0.4, 0.5) is 13.2 Å². The zero-order valence-electron chi connectivity index (χ0n) is 20.9. The fourth-order valence-electron chi connectivity index (χ4n) is 4.37. The van der Waals surface area contributed by atoms with E-state index in [9.17, 15) is 34.8 Å². The number of halogens is 4. The van der Waals surface area contributed by atoms with Gasteiger partial charge in [0.05, 0.1) is 37.0 Å². The predicted octanol–water partition coefficient (Wildman–Crippen LogP) is 4.89. The molecule has 1 fully saturated rings. The van der Waals surface area contributed by atoms with Crippen molar-refractivity contribution in [1.29, 1.82) is 0 Å². The minimum Gasteiger partial charge on any atom is -0.496 e. The van der Waals surface area contributed by atoms with Gasteiger partial charge in [0.1, 0.15) is 5.75 Å². The average molecular weight is 709 g/mol. The number of para-hydroxylation sites is 1. The predicted molar refractivity (Wildman–Crippen MR) is 149 cm³/mol. The highest BCUT2D eigenvalue weighted by Gasteiger charge is 2.40. The van der Waals surface area contributed by atoms with Crippen LogP contribution in [0.1, 0.15) is 28.8 Å². The molecule has 1 saturated heterocycles. The molecule has 14 heteroatoms. The van der Waals surface area contributed by atoms with E-state index in [4.69, 9.17) is 4.74 Å². The molecular weight excluding hydrogens is 684 g/mol. The number of likely N-dealkylation sites (tertiary alicyclic amines) is 1. The Bertz CT molecular complexity index is 1620. The number of nitrogens with one attached hydrogen (secondary N) is 1. The van der Waals surface area contributed by atoms with Crippen LogP contribution in [-0.2, 0) is 26.0 Å². The first-order valence-corrected chi connectivity index (χ1v) is 16.1. The smallest absolute Gasteiger partial charge is 0.417 e. The molecule has 3 aromatic carbocycles. The van der Waals surface area contributed by atoms with Gasteiger partial charge in [0.25, 0.3) is 5.91 Å². The number of methoxy groups -OCH3 is 1. The first kappa shape index (κ1) is 30.3. The topological polar surface area (TPSA) is 110 Å². The van der Waals surface area contributed by atoms with Crippen molar-refractivity contribution in [3.05, 3.63) is 83.9 Å². The maximum Gasteiger partial charge on any atom is 0.417 e. The molecule has 0 aromatic heterocycles. The number of nitrogens with zero attached hydrogens (tertiary/aromatic N) is 1. The summed E-state index contributed by atoms with van der Waals surface area (Å²) in [5, 5.41) is 0. The molecule has 8 nitrogen and oxygen atoms in total. The zero-order chi connectivity index (χ0) is 29.3. The quantitative estimate of drug-likeness (QED) is 0.213. The first-order valence-electron chi connectivity index (χ1n) is 11.9. The molecule has 0 saturated carbocycles. The van der Waals surface area contributed by atoms with Crippen molar-refractivity contribution in [2.75, 3.05) is 13.7 Å². The monoisotopic (exact) mass is 708 g/mol. The third-order valence-electron chi connectivity index (χ3n) is 6.37. The normalized spacial score (nSPS) is 18.4. The van der Waals surface area contributed by atoms with Gasteiger partial charge in [0.15, 0.2) is 0 Å². The largest absolute Gasteiger partial charge is 0.496 e. The van der Waals surface area contributed by atoms with Gasteiger partial charge in [-0.25, -0.2) is 21.6 Å². The summed E-state index contributed by atoms with van der Waals surface area (Å²) >= 11 is 1.98. The highest BCUT2D eigenvalue weighted by molar-refractivity contribution is 14.1. The summed E-state index contributed by atoms with van der Waals surface area (Å²) in [6, 6.07) is 14.6. The van der Waals surface area contributed by atoms with E-state index in [1.165, 1.54) is 36.3 Å². The SMILES string of the molecule is COc1ccccc1C(=O)N1CCC(NS(=O)(=O)c2cc(S(=O)(=O)c3ccccc3)ccc2C(F)(F)F)CC1I. The fraction of sp³-hybridized carbons (Fsp3) is 0.269. The first-order chi connectivity index (χ1) is 18.8. The number of hydrogen-bond donors (Lipinski definition) is 1. The maximum absolute atomic E-state index is 13.8. The molecule has 4 rings (SSSR count). The van der Waals surface area contributed by atoms with Gasteiger partial charge in [0.2, 0.25) is 19.9 Å². The molecule has 214 valence electrons. The summed E-state index contributed by atoms with van der Waals surface area (Å²) in [7, 11) is -7.68. The van der Waals surface area contributed by atoms with Crippen LogP contribution in [0.15, 0.2) is 87.5 Å². The van der Waals surface area contributed by atoms with E-state index in [-0.39, 0.29) is 30.2 Å². The lowest BCUT2D eigenvalue weighted by Gasteiger charge is -2.37. The van der Waals surface area contributed by atoms with Crippen LogP contribution in [0, 0.1) is 0 Å². The molecule has 1 amide bonds. The number of carbonyl (C=O) groups excluding carboxylic acids is 1. The van der Waals surface area contributed by atoms with Crippen molar-refractivity contribution < 1.29 is 39.5 Å². The number of amides is 1. The number of sulfonamides is 1. The Morgan fingerprint density at radius 2 is 1.62 bits per heavy atom. The van der Waals surface area contributed by atoms with Gasteiger partial charge >= 0.3 is 6.18 Å². The Kier molecular flexibility index (Phi) is 8.82. The molecule has 3 aromatic rings. The summed E-state index contributed by atoms with van der Waals surface area (Å²) in [6.45, 7) is 0.131.